The van der Waals surface area contributed by atoms with Crippen LogP contribution in [0.25, 0.3) is 5.76 Å². The van der Waals surface area contributed by atoms with Gasteiger partial charge in [-0.1, -0.05) is 42.0 Å². The summed E-state index contributed by atoms with van der Waals surface area (Å²) in [7, 11) is 1.53. The van der Waals surface area contributed by atoms with Crippen molar-refractivity contribution in [3.8, 4) is 11.5 Å². The van der Waals surface area contributed by atoms with Crippen LogP contribution in [0.2, 0.25) is 0 Å². The first-order chi connectivity index (χ1) is 16.4. The zero-order valence-electron chi connectivity index (χ0n) is 19.3. The van der Waals surface area contributed by atoms with Gasteiger partial charge < -0.3 is 19.5 Å². The second-order valence-corrected chi connectivity index (χ2v) is 8.00. The van der Waals surface area contributed by atoms with Crippen LogP contribution in [-0.4, -0.2) is 40.4 Å². The van der Waals surface area contributed by atoms with Gasteiger partial charge in [0.05, 0.1) is 25.3 Å². The minimum absolute atomic E-state index is 0.0314. The fourth-order valence-corrected chi connectivity index (χ4v) is 4.07. The van der Waals surface area contributed by atoms with E-state index >= 15 is 0 Å². The lowest BCUT2D eigenvalue weighted by Crippen LogP contribution is -2.29. The Morgan fingerprint density at radius 2 is 1.85 bits per heavy atom. The molecule has 0 radical (unpaired) electrons. The lowest BCUT2D eigenvalue weighted by atomic mass is 9.94. The molecular weight excluding hydrogens is 432 g/mol. The first-order valence-electron chi connectivity index (χ1n) is 11.0. The van der Waals surface area contributed by atoms with Gasteiger partial charge in [0.2, 0.25) is 0 Å². The number of likely N-dealkylation sites (tertiary alicyclic amines) is 1. The Morgan fingerprint density at radius 3 is 2.50 bits per heavy atom. The van der Waals surface area contributed by atoms with E-state index in [-0.39, 0.29) is 17.9 Å². The summed E-state index contributed by atoms with van der Waals surface area (Å²) in [6.07, 6.45) is 3.29. The maximum atomic E-state index is 13.2. The average Bonchev–Trinajstić information content (AvgIpc) is 3.10. The number of aromatic nitrogens is 1. The number of nitrogens with zero attached hydrogens (tertiary/aromatic N) is 2. The molecule has 34 heavy (non-hydrogen) atoms. The van der Waals surface area contributed by atoms with Crippen LogP contribution in [0.15, 0.2) is 72.6 Å². The number of aliphatic hydroxyl groups excluding tert-OH is 1. The first kappa shape index (κ1) is 23.0. The molecular formula is C27H26N2O5. The SMILES string of the molecule is CCOc1ccc(C2/C(=C(\O)c3ccc(C)cc3)C(=O)C(=O)N2Cc2cccnc2)cc1OC. The summed E-state index contributed by atoms with van der Waals surface area (Å²) in [5, 5.41) is 11.2. The Morgan fingerprint density at radius 1 is 1.09 bits per heavy atom. The largest absolute Gasteiger partial charge is 0.507 e. The topological polar surface area (TPSA) is 89.0 Å². The quantitative estimate of drug-likeness (QED) is 0.320. The third-order valence-corrected chi connectivity index (χ3v) is 5.74. The van der Waals surface area contributed by atoms with Gasteiger partial charge in [0, 0.05) is 24.5 Å². The zero-order valence-corrected chi connectivity index (χ0v) is 19.3. The Labute approximate surface area is 198 Å². The van der Waals surface area contributed by atoms with Crippen LogP contribution in [0.3, 0.4) is 0 Å². The van der Waals surface area contributed by atoms with Crippen molar-refractivity contribution in [1.29, 1.82) is 0 Å². The highest BCUT2D eigenvalue weighted by Gasteiger charge is 2.46. The number of ketones is 1. The summed E-state index contributed by atoms with van der Waals surface area (Å²) in [5.41, 5.74) is 2.90. The Kier molecular flexibility index (Phi) is 6.63. The van der Waals surface area contributed by atoms with Crippen molar-refractivity contribution in [3.63, 3.8) is 0 Å². The predicted molar refractivity (Wildman–Crippen MR) is 127 cm³/mol. The summed E-state index contributed by atoms with van der Waals surface area (Å²) in [6.45, 7) is 4.42. The lowest BCUT2D eigenvalue weighted by molar-refractivity contribution is -0.140. The van der Waals surface area contributed by atoms with Gasteiger partial charge in [-0.25, -0.2) is 0 Å². The molecule has 1 atom stereocenters. The smallest absolute Gasteiger partial charge is 0.295 e. The van der Waals surface area contributed by atoms with Crippen molar-refractivity contribution in [3.05, 3.63) is 94.8 Å². The number of amides is 1. The van der Waals surface area contributed by atoms with Crippen molar-refractivity contribution in [2.24, 2.45) is 0 Å². The third kappa shape index (κ3) is 4.37. The number of pyridine rings is 1. The molecule has 0 saturated carbocycles. The van der Waals surface area contributed by atoms with Crippen molar-refractivity contribution in [2.75, 3.05) is 13.7 Å². The Bertz CT molecular complexity index is 1240. The molecule has 1 unspecified atom stereocenters. The normalized spacial score (nSPS) is 17.1. The lowest BCUT2D eigenvalue weighted by Gasteiger charge is -2.26. The van der Waals surface area contributed by atoms with E-state index in [9.17, 15) is 14.7 Å². The summed E-state index contributed by atoms with van der Waals surface area (Å²) >= 11 is 0. The van der Waals surface area contributed by atoms with Gasteiger partial charge in [-0.05, 0) is 43.2 Å². The zero-order chi connectivity index (χ0) is 24.2. The molecule has 7 heteroatoms. The molecule has 1 N–H and O–H groups in total. The van der Waals surface area contributed by atoms with E-state index in [1.165, 1.54) is 12.0 Å². The molecule has 2 heterocycles. The number of hydrogen-bond acceptors (Lipinski definition) is 6. The van der Waals surface area contributed by atoms with Crippen LogP contribution < -0.4 is 9.47 Å². The highest BCUT2D eigenvalue weighted by molar-refractivity contribution is 6.46. The van der Waals surface area contributed by atoms with Gasteiger partial charge in [-0.3, -0.25) is 14.6 Å². The van der Waals surface area contributed by atoms with Crippen LogP contribution in [0.4, 0.5) is 0 Å². The number of benzene rings is 2. The molecule has 0 aliphatic carbocycles. The molecule has 4 rings (SSSR count). The van der Waals surface area contributed by atoms with Crippen molar-refractivity contribution >= 4 is 17.4 Å². The van der Waals surface area contributed by atoms with E-state index < -0.39 is 17.7 Å². The number of aliphatic hydroxyl groups is 1. The molecule has 1 aliphatic rings. The number of hydrogen-bond donors (Lipinski definition) is 1. The second kappa shape index (κ2) is 9.79. The number of rotatable bonds is 7. The molecule has 1 saturated heterocycles. The molecule has 0 bridgehead atoms. The van der Waals surface area contributed by atoms with Gasteiger partial charge >= 0.3 is 0 Å². The standard InChI is InChI=1S/C27H26N2O5/c1-4-34-21-12-11-20(14-22(21)33-3)24-23(25(30)19-9-7-17(2)8-10-19)26(31)27(32)29(24)16-18-6-5-13-28-15-18/h5-15,24,30H,4,16H2,1-3H3/b25-23+. The van der Waals surface area contributed by atoms with Crippen LogP contribution in [0, 0.1) is 6.92 Å². The highest BCUT2D eigenvalue weighted by atomic mass is 16.5. The fraction of sp³-hybridized carbons (Fsp3) is 0.222. The molecule has 0 spiro atoms. The first-order valence-corrected chi connectivity index (χ1v) is 11.0. The van der Waals surface area contributed by atoms with Crippen molar-refractivity contribution in [1.82, 2.24) is 9.88 Å². The van der Waals surface area contributed by atoms with Gasteiger partial charge in [-0.2, -0.15) is 0 Å². The molecule has 174 valence electrons. The summed E-state index contributed by atoms with van der Waals surface area (Å²) in [4.78, 5) is 32.0. The average molecular weight is 459 g/mol. The molecule has 1 aliphatic heterocycles. The molecule has 1 fully saturated rings. The maximum absolute atomic E-state index is 13.2. The highest BCUT2D eigenvalue weighted by Crippen LogP contribution is 2.42. The monoisotopic (exact) mass is 458 g/mol. The van der Waals surface area contributed by atoms with Gasteiger partial charge in [0.15, 0.2) is 11.5 Å². The van der Waals surface area contributed by atoms with Gasteiger partial charge in [-0.15, -0.1) is 0 Å². The summed E-state index contributed by atoms with van der Waals surface area (Å²) < 4.78 is 11.1. The van der Waals surface area contributed by atoms with E-state index in [1.807, 2.05) is 32.0 Å². The van der Waals surface area contributed by atoms with Gasteiger partial charge in [0.25, 0.3) is 11.7 Å². The van der Waals surface area contributed by atoms with E-state index in [4.69, 9.17) is 9.47 Å². The fourth-order valence-electron chi connectivity index (χ4n) is 4.07. The Balaban J connectivity index is 1.88. The number of carbonyl (C=O) groups is 2. The van der Waals surface area contributed by atoms with E-state index in [2.05, 4.69) is 4.98 Å². The van der Waals surface area contributed by atoms with E-state index in [1.54, 1.807) is 48.8 Å². The summed E-state index contributed by atoms with van der Waals surface area (Å²) in [6, 6.07) is 15.2. The van der Waals surface area contributed by atoms with Crippen molar-refractivity contribution < 1.29 is 24.2 Å². The van der Waals surface area contributed by atoms with Crippen LogP contribution >= 0.6 is 0 Å². The minimum Gasteiger partial charge on any atom is -0.507 e. The summed E-state index contributed by atoms with van der Waals surface area (Å²) in [5.74, 6) is -0.613. The van der Waals surface area contributed by atoms with Crippen LogP contribution in [0.1, 0.15) is 35.2 Å². The number of aryl methyl sites for hydroxylation is 1. The number of carbonyl (C=O) groups excluding carboxylic acids is 2. The second-order valence-electron chi connectivity index (χ2n) is 8.00. The minimum atomic E-state index is -0.814. The maximum Gasteiger partial charge on any atom is 0.295 e. The number of ether oxygens (including phenoxy) is 2. The Hall–Kier alpha value is -4.13. The van der Waals surface area contributed by atoms with Crippen LogP contribution in [0.5, 0.6) is 11.5 Å². The number of methoxy groups -OCH3 is 1. The third-order valence-electron chi connectivity index (χ3n) is 5.74. The van der Waals surface area contributed by atoms with Crippen LogP contribution in [-0.2, 0) is 16.1 Å². The van der Waals surface area contributed by atoms with E-state index in [0.717, 1.165) is 11.1 Å². The molecule has 1 aromatic heterocycles. The predicted octanol–water partition coefficient (Wildman–Crippen LogP) is 4.42. The number of Topliss-reactive ketones (excluding diaryl/α,β-unsaturated/α-hetero) is 1. The molecule has 3 aromatic rings. The molecule has 2 aromatic carbocycles. The van der Waals surface area contributed by atoms with E-state index in [0.29, 0.717) is 29.2 Å². The van der Waals surface area contributed by atoms with Gasteiger partial charge in [0.1, 0.15) is 5.76 Å². The molecule has 7 nitrogen and oxygen atoms in total. The molecule has 1 amide bonds. The van der Waals surface area contributed by atoms with Crippen molar-refractivity contribution in [2.45, 2.75) is 26.4 Å².